The molecule has 0 unspecified atom stereocenters. The summed E-state index contributed by atoms with van der Waals surface area (Å²) >= 11 is 0. The van der Waals surface area contributed by atoms with Crippen molar-refractivity contribution in [3.05, 3.63) is 83.7 Å². The summed E-state index contributed by atoms with van der Waals surface area (Å²) in [6, 6.07) is 13.2. The zero-order valence-electron chi connectivity index (χ0n) is 15.6. The van der Waals surface area contributed by atoms with Crippen LogP contribution in [0.25, 0.3) is 0 Å². The number of nitrogens with one attached hydrogen (secondary N) is 1. The lowest BCUT2D eigenvalue weighted by molar-refractivity contribution is -0.137. The number of esters is 1. The van der Waals surface area contributed by atoms with Crippen LogP contribution in [-0.2, 0) is 10.9 Å². The number of methoxy groups -OCH3 is 1. The van der Waals surface area contributed by atoms with Gasteiger partial charge in [-0.3, -0.25) is 4.79 Å². The fraction of sp³-hybridized carbons (Fsp3) is 0.0952. The number of pyridine rings is 1. The lowest BCUT2D eigenvalue weighted by atomic mass is 10.2. The van der Waals surface area contributed by atoms with E-state index in [4.69, 9.17) is 4.74 Å². The average Bonchev–Trinajstić information content (AvgIpc) is 2.73. The van der Waals surface area contributed by atoms with E-state index in [0.29, 0.717) is 5.69 Å². The van der Waals surface area contributed by atoms with Gasteiger partial charge in [0.2, 0.25) is 0 Å². The Kier molecular flexibility index (Phi) is 6.01. The molecule has 0 aliphatic rings. The average molecular weight is 416 g/mol. The van der Waals surface area contributed by atoms with Crippen LogP contribution in [0.4, 0.5) is 18.9 Å². The Morgan fingerprint density at radius 1 is 0.967 bits per heavy atom. The van der Waals surface area contributed by atoms with Crippen molar-refractivity contribution in [1.29, 1.82) is 0 Å². The van der Waals surface area contributed by atoms with Gasteiger partial charge in [-0.1, -0.05) is 6.07 Å². The predicted octanol–water partition coefficient (Wildman–Crippen LogP) is 4.93. The van der Waals surface area contributed by atoms with Gasteiger partial charge < -0.3 is 14.8 Å². The predicted molar refractivity (Wildman–Crippen MR) is 101 cm³/mol. The largest absolute Gasteiger partial charge is 0.464 e. The molecule has 1 amide bonds. The SMILES string of the molecule is COC(=O)c1cc(NC(=O)c2ccc(Oc3cccc(C(F)(F)F)c3)cc2)ccn1. The molecule has 3 rings (SSSR count). The number of anilines is 1. The van der Waals surface area contributed by atoms with Gasteiger partial charge in [-0.15, -0.1) is 0 Å². The number of amides is 1. The number of ether oxygens (including phenoxy) is 2. The Balaban J connectivity index is 1.69. The summed E-state index contributed by atoms with van der Waals surface area (Å²) in [4.78, 5) is 27.7. The van der Waals surface area contributed by atoms with Crippen molar-refractivity contribution < 1.29 is 32.2 Å². The van der Waals surface area contributed by atoms with Gasteiger partial charge in [0.1, 0.15) is 17.2 Å². The van der Waals surface area contributed by atoms with Gasteiger partial charge in [-0.05, 0) is 54.6 Å². The highest BCUT2D eigenvalue weighted by atomic mass is 19.4. The first-order valence-corrected chi connectivity index (χ1v) is 8.57. The van der Waals surface area contributed by atoms with Crippen LogP contribution in [0, 0.1) is 0 Å². The third-order valence-corrected chi connectivity index (χ3v) is 3.93. The zero-order valence-corrected chi connectivity index (χ0v) is 15.6. The number of alkyl halides is 3. The van der Waals surface area contributed by atoms with Crippen molar-refractivity contribution >= 4 is 17.6 Å². The molecule has 0 spiro atoms. The normalized spacial score (nSPS) is 10.9. The molecule has 0 bridgehead atoms. The molecule has 30 heavy (non-hydrogen) atoms. The quantitative estimate of drug-likeness (QED) is 0.597. The minimum Gasteiger partial charge on any atom is -0.464 e. The fourth-order valence-electron chi connectivity index (χ4n) is 2.47. The van der Waals surface area contributed by atoms with E-state index in [1.807, 2.05) is 0 Å². The number of hydrogen-bond acceptors (Lipinski definition) is 5. The third kappa shape index (κ3) is 5.13. The highest BCUT2D eigenvalue weighted by Gasteiger charge is 2.30. The molecular weight excluding hydrogens is 401 g/mol. The van der Waals surface area contributed by atoms with Crippen LogP contribution in [0.3, 0.4) is 0 Å². The van der Waals surface area contributed by atoms with Crippen LogP contribution < -0.4 is 10.1 Å². The van der Waals surface area contributed by atoms with Crippen LogP contribution in [0.5, 0.6) is 11.5 Å². The van der Waals surface area contributed by atoms with Gasteiger partial charge in [0.25, 0.3) is 5.91 Å². The maximum absolute atomic E-state index is 12.8. The van der Waals surface area contributed by atoms with Gasteiger partial charge in [0.05, 0.1) is 12.7 Å². The van der Waals surface area contributed by atoms with Crippen LogP contribution >= 0.6 is 0 Å². The van der Waals surface area contributed by atoms with Crippen molar-refractivity contribution in [2.24, 2.45) is 0 Å². The fourth-order valence-corrected chi connectivity index (χ4v) is 2.47. The van der Waals surface area contributed by atoms with Crippen LogP contribution in [0.1, 0.15) is 26.4 Å². The summed E-state index contributed by atoms with van der Waals surface area (Å²) < 4.78 is 48.4. The van der Waals surface area contributed by atoms with Crippen molar-refractivity contribution in [1.82, 2.24) is 4.98 Å². The first-order valence-electron chi connectivity index (χ1n) is 8.57. The molecule has 0 aliphatic carbocycles. The number of aromatic nitrogens is 1. The number of nitrogens with zero attached hydrogens (tertiary/aromatic N) is 1. The van der Waals surface area contributed by atoms with Crippen LogP contribution in [0.2, 0.25) is 0 Å². The van der Waals surface area contributed by atoms with Crippen LogP contribution in [-0.4, -0.2) is 24.0 Å². The molecule has 0 atom stereocenters. The molecular formula is C21H15F3N2O4. The molecule has 0 fully saturated rings. The lowest BCUT2D eigenvalue weighted by Gasteiger charge is -2.10. The smallest absolute Gasteiger partial charge is 0.416 e. The number of hydrogen-bond donors (Lipinski definition) is 1. The Bertz CT molecular complexity index is 1070. The van der Waals surface area contributed by atoms with Crippen molar-refractivity contribution in [3.8, 4) is 11.5 Å². The second-order valence-electron chi connectivity index (χ2n) is 6.03. The Hall–Kier alpha value is -3.88. The van der Waals surface area contributed by atoms with E-state index in [2.05, 4.69) is 15.0 Å². The number of rotatable bonds is 5. The van der Waals surface area contributed by atoms with E-state index < -0.39 is 23.6 Å². The third-order valence-electron chi connectivity index (χ3n) is 3.93. The summed E-state index contributed by atoms with van der Waals surface area (Å²) in [6.45, 7) is 0. The minimum absolute atomic E-state index is 0.0224. The second-order valence-corrected chi connectivity index (χ2v) is 6.03. The van der Waals surface area contributed by atoms with E-state index in [9.17, 15) is 22.8 Å². The summed E-state index contributed by atoms with van der Waals surface area (Å²) in [7, 11) is 1.22. The van der Waals surface area contributed by atoms with E-state index in [0.717, 1.165) is 12.1 Å². The molecule has 0 saturated heterocycles. The number of carbonyl (C=O) groups is 2. The van der Waals surface area contributed by atoms with Crippen molar-refractivity contribution in [3.63, 3.8) is 0 Å². The number of halogens is 3. The molecule has 3 aromatic rings. The molecule has 6 nitrogen and oxygen atoms in total. The highest BCUT2D eigenvalue weighted by Crippen LogP contribution is 2.32. The van der Waals surface area contributed by atoms with Gasteiger partial charge in [0, 0.05) is 17.4 Å². The Morgan fingerprint density at radius 2 is 1.70 bits per heavy atom. The second kappa shape index (κ2) is 8.64. The van der Waals surface area contributed by atoms with Gasteiger partial charge in [-0.25, -0.2) is 9.78 Å². The van der Waals surface area contributed by atoms with E-state index in [1.165, 1.54) is 61.8 Å². The molecule has 0 aliphatic heterocycles. The van der Waals surface area contributed by atoms with E-state index >= 15 is 0 Å². The molecule has 2 aromatic carbocycles. The zero-order chi connectivity index (χ0) is 21.7. The molecule has 1 N–H and O–H groups in total. The summed E-state index contributed by atoms with van der Waals surface area (Å²) in [5.74, 6) is -0.804. The van der Waals surface area contributed by atoms with E-state index in [1.54, 1.807) is 0 Å². The number of carbonyl (C=O) groups excluding carboxylic acids is 2. The molecule has 9 heteroatoms. The Labute approximate surface area is 169 Å². The van der Waals surface area contributed by atoms with E-state index in [-0.39, 0.29) is 22.8 Å². The lowest BCUT2D eigenvalue weighted by Crippen LogP contribution is -2.13. The molecule has 0 saturated carbocycles. The van der Waals surface area contributed by atoms with Crippen molar-refractivity contribution in [2.75, 3.05) is 12.4 Å². The van der Waals surface area contributed by atoms with Gasteiger partial charge in [-0.2, -0.15) is 13.2 Å². The summed E-state index contributed by atoms with van der Waals surface area (Å²) in [5.41, 5.74) is -0.151. The first kappa shape index (κ1) is 20.8. The molecule has 1 heterocycles. The minimum atomic E-state index is -4.47. The van der Waals surface area contributed by atoms with Crippen molar-refractivity contribution in [2.45, 2.75) is 6.18 Å². The summed E-state index contributed by atoms with van der Waals surface area (Å²) in [5, 5.41) is 2.62. The molecule has 154 valence electrons. The topological polar surface area (TPSA) is 77.5 Å². The highest BCUT2D eigenvalue weighted by molar-refractivity contribution is 6.04. The number of benzene rings is 2. The standard InChI is InChI=1S/C21H15F3N2O4/c1-29-20(28)18-12-15(9-10-25-18)26-19(27)13-5-7-16(8-6-13)30-17-4-2-3-14(11-17)21(22,23)24/h2-12H,1H3,(H,25,26,27). The van der Waals surface area contributed by atoms with Gasteiger partial charge in [0.15, 0.2) is 0 Å². The summed E-state index contributed by atoms with van der Waals surface area (Å²) in [6.07, 6.45) is -3.12. The monoisotopic (exact) mass is 416 g/mol. The first-order chi connectivity index (χ1) is 14.3. The maximum atomic E-state index is 12.8. The molecule has 1 aromatic heterocycles. The maximum Gasteiger partial charge on any atom is 0.416 e. The Morgan fingerprint density at radius 3 is 2.37 bits per heavy atom. The van der Waals surface area contributed by atoms with Crippen LogP contribution in [0.15, 0.2) is 66.9 Å². The van der Waals surface area contributed by atoms with Gasteiger partial charge >= 0.3 is 12.1 Å². The molecule has 0 radical (unpaired) electrons.